The molecule has 0 saturated carbocycles. The van der Waals surface area contributed by atoms with Gasteiger partial charge in [0.2, 0.25) is 0 Å². The second kappa shape index (κ2) is 15.5. The number of benzene rings is 6. The smallest absolute Gasteiger partial charge is 0.149 e. The summed E-state index contributed by atoms with van der Waals surface area (Å²) in [7, 11) is 0. The van der Waals surface area contributed by atoms with Crippen molar-refractivity contribution in [3.63, 3.8) is 0 Å². The third-order valence-corrected chi connectivity index (χ3v) is 11.4. The quantitative estimate of drug-likeness (QED) is 0.167. The molecule has 0 unspecified atom stereocenters. The van der Waals surface area contributed by atoms with Crippen LogP contribution in [0.5, 0.6) is 5.75 Å². The summed E-state index contributed by atoms with van der Waals surface area (Å²) in [4.78, 5) is 10.5. The lowest BCUT2D eigenvalue weighted by molar-refractivity contribution is 0.471. The molecule has 296 valence electrons. The van der Waals surface area contributed by atoms with E-state index >= 15 is 0 Å². The van der Waals surface area contributed by atoms with Crippen molar-refractivity contribution in [2.75, 3.05) is 0 Å². The third kappa shape index (κ3) is 7.97. The Hall–Kier alpha value is -6.26. The standard InChI is InChI=1S/C55H55N3O/c1-35(2)27-37-23-24-49(46(29-37)39-19-14-11-15-20-39)58-50-22-16-21-45(51(50)57-53(58)47-34-43(54(4,5)6)28-36(3)52(47)59)41-30-42(32-44(31-41)55(7,8)9)48-33-40(25-26-56-48)38-17-12-10-13-18-38/h10-26,28-35,59H,27H2,1-9H3. The summed E-state index contributed by atoms with van der Waals surface area (Å²) in [5.74, 6) is 1.47. The zero-order chi connectivity index (χ0) is 41.6. The number of nitrogens with zero attached hydrogens (tertiary/aromatic N) is 3. The van der Waals surface area contributed by atoms with Crippen molar-refractivity contribution in [3.05, 3.63) is 168 Å². The summed E-state index contributed by atoms with van der Waals surface area (Å²) < 4.78 is 2.28. The van der Waals surface area contributed by atoms with Gasteiger partial charge in [-0.25, -0.2) is 4.98 Å². The SMILES string of the molecule is Cc1cc(C(C)(C)C)cc(-c2nc3c(-c4cc(-c5cc(-c6ccccc6)ccn5)cc(C(C)(C)C)c4)cccc3n2-c2ccc(CC(C)C)cc2-c2ccccc2)c1O. The molecule has 8 aromatic rings. The predicted octanol–water partition coefficient (Wildman–Crippen LogP) is 14.6. The molecule has 2 heterocycles. The molecule has 0 spiro atoms. The lowest BCUT2D eigenvalue weighted by Crippen LogP contribution is -2.12. The van der Waals surface area contributed by atoms with Gasteiger partial charge in [0.1, 0.15) is 11.6 Å². The van der Waals surface area contributed by atoms with E-state index in [1.807, 2.05) is 19.2 Å². The zero-order valence-corrected chi connectivity index (χ0v) is 35.9. The van der Waals surface area contributed by atoms with E-state index in [4.69, 9.17) is 9.97 Å². The molecular formula is C55H55N3O. The van der Waals surface area contributed by atoms with Crippen molar-refractivity contribution in [2.45, 2.75) is 79.6 Å². The molecule has 0 aliphatic heterocycles. The topological polar surface area (TPSA) is 50.9 Å². The Morgan fingerprint density at radius 1 is 0.576 bits per heavy atom. The summed E-state index contributed by atoms with van der Waals surface area (Å²) in [5.41, 5.74) is 16.4. The van der Waals surface area contributed by atoms with Crippen molar-refractivity contribution >= 4 is 11.0 Å². The van der Waals surface area contributed by atoms with E-state index in [1.165, 1.54) is 11.1 Å². The zero-order valence-electron chi connectivity index (χ0n) is 35.9. The first-order valence-electron chi connectivity index (χ1n) is 20.9. The van der Waals surface area contributed by atoms with Crippen LogP contribution in [0.15, 0.2) is 146 Å². The van der Waals surface area contributed by atoms with Gasteiger partial charge in [0.15, 0.2) is 0 Å². The lowest BCUT2D eigenvalue weighted by atomic mass is 9.83. The van der Waals surface area contributed by atoms with Gasteiger partial charge in [0.05, 0.1) is 28.0 Å². The Kier molecular flexibility index (Phi) is 10.4. The van der Waals surface area contributed by atoms with Crippen LogP contribution in [-0.4, -0.2) is 19.6 Å². The number of rotatable bonds is 8. The van der Waals surface area contributed by atoms with Gasteiger partial charge < -0.3 is 5.11 Å². The van der Waals surface area contributed by atoms with Crippen molar-refractivity contribution < 1.29 is 5.11 Å². The molecule has 0 aliphatic carbocycles. The number of pyridine rings is 1. The molecule has 1 N–H and O–H groups in total. The summed E-state index contributed by atoms with van der Waals surface area (Å²) >= 11 is 0. The fourth-order valence-electron chi connectivity index (χ4n) is 8.13. The van der Waals surface area contributed by atoms with Crippen LogP contribution in [0.4, 0.5) is 0 Å². The van der Waals surface area contributed by atoms with Crippen molar-refractivity contribution in [3.8, 4) is 67.5 Å². The number of aryl methyl sites for hydroxylation is 1. The van der Waals surface area contributed by atoms with E-state index < -0.39 is 0 Å². The minimum Gasteiger partial charge on any atom is -0.507 e. The van der Waals surface area contributed by atoms with Crippen molar-refractivity contribution in [1.82, 2.24) is 14.5 Å². The number of hydrogen-bond donors (Lipinski definition) is 1. The highest BCUT2D eigenvalue weighted by molar-refractivity contribution is 5.98. The summed E-state index contributed by atoms with van der Waals surface area (Å²) in [6, 6.07) is 49.8. The van der Waals surface area contributed by atoms with E-state index in [9.17, 15) is 5.11 Å². The molecule has 0 aliphatic rings. The number of aromatic hydroxyl groups is 1. The van der Waals surface area contributed by atoms with E-state index in [-0.39, 0.29) is 16.6 Å². The number of phenols is 1. The van der Waals surface area contributed by atoms with Crippen LogP contribution >= 0.6 is 0 Å². The molecule has 8 rings (SSSR count). The molecule has 0 saturated heterocycles. The average Bonchev–Trinajstić information content (AvgIpc) is 3.61. The van der Waals surface area contributed by atoms with Gasteiger partial charge in [-0.3, -0.25) is 9.55 Å². The molecule has 4 heteroatoms. The lowest BCUT2D eigenvalue weighted by Gasteiger charge is -2.22. The third-order valence-electron chi connectivity index (χ3n) is 11.4. The number of aromatic nitrogens is 3. The van der Waals surface area contributed by atoms with Gasteiger partial charge in [-0.05, 0) is 123 Å². The van der Waals surface area contributed by atoms with Crippen LogP contribution in [-0.2, 0) is 17.3 Å². The van der Waals surface area contributed by atoms with Gasteiger partial charge in [-0.15, -0.1) is 0 Å². The summed E-state index contributed by atoms with van der Waals surface area (Å²) in [6.45, 7) is 20.0. The number of hydrogen-bond acceptors (Lipinski definition) is 3. The van der Waals surface area contributed by atoms with Crippen molar-refractivity contribution in [2.24, 2.45) is 5.92 Å². The van der Waals surface area contributed by atoms with Gasteiger partial charge in [-0.2, -0.15) is 0 Å². The monoisotopic (exact) mass is 773 g/mol. The van der Waals surface area contributed by atoms with Crippen molar-refractivity contribution in [1.29, 1.82) is 0 Å². The van der Waals surface area contributed by atoms with E-state index in [1.54, 1.807) is 0 Å². The Balaban J connectivity index is 1.43. The van der Waals surface area contributed by atoms with E-state index in [0.717, 1.165) is 78.9 Å². The van der Waals surface area contributed by atoms with Crippen LogP contribution in [0.1, 0.15) is 77.6 Å². The van der Waals surface area contributed by atoms with Gasteiger partial charge in [-0.1, -0.05) is 146 Å². The number of para-hydroxylation sites is 1. The minimum absolute atomic E-state index is 0.126. The van der Waals surface area contributed by atoms with E-state index in [0.29, 0.717) is 17.3 Å². The first-order chi connectivity index (χ1) is 28.2. The minimum atomic E-state index is -0.140. The second-order valence-electron chi connectivity index (χ2n) is 18.5. The molecular weight excluding hydrogens is 719 g/mol. The first-order valence-corrected chi connectivity index (χ1v) is 20.9. The van der Waals surface area contributed by atoms with Gasteiger partial charge >= 0.3 is 0 Å². The molecule has 0 radical (unpaired) electrons. The Morgan fingerprint density at radius 3 is 1.92 bits per heavy atom. The number of imidazole rings is 1. The van der Waals surface area contributed by atoms with E-state index in [2.05, 4.69) is 193 Å². The summed E-state index contributed by atoms with van der Waals surface area (Å²) in [5, 5.41) is 12.0. The maximum absolute atomic E-state index is 12.0. The fraction of sp³-hybridized carbons (Fsp3) is 0.236. The average molecular weight is 774 g/mol. The van der Waals surface area contributed by atoms with Crippen LogP contribution in [0.3, 0.4) is 0 Å². The largest absolute Gasteiger partial charge is 0.507 e. The highest BCUT2D eigenvalue weighted by Crippen LogP contribution is 2.44. The predicted molar refractivity (Wildman–Crippen MR) is 248 cm³/mol. The normalized spacial score (nSPS) is 12.1. The number of phenolic OH excluding ortho intramolecular Hbond substituents is 1. The second-order valence-corrected chi connectivity index (χ2v) is 18.5. The van der Waals surface area contributed by atoms with Crippen LogP contribution in [0, 0.1) is 12.8 Å². The van der Waals surface area contributed by atoms with Crippen LogP contribution in [0.25, 0.3) is 72.7 Å². The van der Waals surface area contributed by atoms with Crippen LogP contribution < -0.4 is 0 Å². The van der Waals surface area contributed by atoms with Gasteiger partial charge in [0.25, 0.3) is 0 Å². The van der Waals surface area contributed by atoms with Crippen LogP contribution in [0.2, 0.25) is 0 Å². The fourth-order valence-corrected chi connectivity index (χ4v) is 8.13. The van der Waals surface area contributed by atoms with Gasteiger partial charge in [0, 0.05) is 22.9 Å². The maximum Gasteiger partial charge on any atom is 0.149 e. The molecule has 0 fully saturated rings. The highest BCUT2D eigenvalue weighted by Gasteiger charge is 2.26. The maximum atomic E-state index is 12.0. The molecule has 0 atom stereocenters. The molecule has 6 aromatic carbocycles. The molecule has 0 amide bonds. The Labute approximate surface area is 350 Å². The highest BCUT2D eigenvalue weighted by atomic mass is 16.3. The first kappa shape index (κ1) is 39.6. The molecule has 59 heavy (non-hydrogen) atoms. The molecule has 0 bridgehead atoms. The molecule has 2 aromatic heterocycles. The Morgan fingerprint density at radius 2 is 1.24 bits per heavy atom. The number of fused-ring (bicyclic) bond motifs is 1. The summed E-state index contributed by atoms with van der Waals surface area (Å²) in [6.07, 6.45) is 2.89. The molecule has 4 nitrogen and oxygen atoms in total. The Bertz CT molecular complexity index is 2800.